The predicted molar refractivity (Wildman–Crippen MR) is 38.5 cm³/mol. The summed E-state index contributed by atoms with van der Waals surface area (Å²) < 4.78 is 12.7. The molecule has 1 aromatic heterocycles. The van der Waals surface area contributed by atoms with Crippen LogP contribution in [-0.4, -0.2) is 12.0 Å². The summed E-state index contributed by atoms with van der Waals surface area (Å²) in [4.78, 5) is 3.68. The molecule has 54 valence electrons. The van der Waals surface area contributed by atoms with Gasteiger partial charge in [-0.15, -0.1) is 0 Å². The van der Waals surface area contributed by atoms with Crippen LogP contribution in [0.2, 0.25) is 0 Å². The van der Waals surface area contributed by atoms with Crippen molar-refractivity contribution in [2.75, 3.05) is 12.4 Å². The van der Waals surface area contributed by atoms with Gasteiger partial charge in [-0.25, -0.2) is 4.39 Å². The first-order chi connectivity index (χ1) is 4.75. The van der Waals surface area contributed by atoms with Crippen molar-refractivity contribution >= 4 is 5.69 Å². The number of rotatable bonds is 1. The molecule has 0 spiro atoms. The summed E-state index contributed by atoms with van der Waals surface area (Å²) >= 11 is 0. The van der Waals surface area contributed by atoms with Gasteiger partial charge in [0.15, 0.2) is 5.82 Å². The molecule has 0 unspecified atom stereocenters. The van der Waals surface area contributed by atoms with Gasteiger partial charge in [0.05, 0.1) is 11.9 Å². The standard InChI is InChI=1S/C7H9FN2/c1-5-3-10-4-6(8)7(5)9-2/h3-4H,1-2H3,(H,9,10). The lowest BCUT2D eigenvalue weighted by Crippen LogP contribution is -1.96. The lowest BCUT2D eigenvalue weighted by molar-refractivity contribution is 0.624. The summed E-state index contributed by atoms with van der Waals surface area (Å²) in [5, 5.41) is 2.75. The van der Waals surface area contributed by atoms with Crippen LogP contribution in [0.1, 0.15) is 5.56 Å². The minimum atomic E-state index is -0.303. The highest BCUT2D eigenvalue weighted by molar-refractivity contribution is 5.49. The second-order valence-corrected chi connectivity index (χ2v) is 2.06. The summed E-state index contributed by atoms with van der Waals surface area (Å²) in [5.41, 5.74) is 1.34. The van der Waals surface area contributed by atoms with E-state index >= 15 is 0 Å². The number of halogens is 1. The maximum absolute atomic E-state index is 12.7. The number of hydrogen-bond donors (Lipinski definition) is 1. The Hall–Kier alpha value is -1.12. The van der Waals surface area contributed by atoms with E-state index < -0.39 is 0 Å². The van der Waals surface area contributed by atoms with E-state index in [-0.39, 0.29) is 5.82 Å². The zero-order valence-electron chi connectivity index (χ0n) is 5.98. The maximum Gasteiger partial charge on any atom is 0.164 e. The third kappa shape index (κ3) is 1.07. The molecule has 2 nitrogen and oxygen atoms in total. The van der Waals surface area contributed by atoms with Gasteiger partial charge in [0.2, 0.25) is 0 Å². The predicted octanol–water partition coefficient (Wildman–Crippen LogP) is 1.57. The van der Waals surface area contributed by atoms with E-state index in [2.05, 4.69) is 10.3 Å². The first kappa shape index (κ1) is 6.99. The highest BCUT2D eigenvalue weighted by Crippen LogP contribution is 2.15. The fraction of sp³-hybridized carbons (Fsp3) is 0.286. The molecule has 1 heterocycles. The van der Waals surface area contributed by atoms with Crippen LogP contribution in [0.5, 0.6) is 0 Å². The zero-order valence-corrected chi connectivity index (χ0v) is 5.98. The van der Waals surface area contributed by atoms with E-state index in [1.807, 2.05) is 6.92 Å². The van der Waals surface area contributed by atoms with Gasteiger partial charge in [-0.3, -0.25) is 4.98 Å². The zero-order chi connectivity index (χ0) is 7.56. The van der Waals surface area contributed by atoms with Gasteiger partial charge in [-0.05, 0) is 12.5 Å². The molecular formula is C7H9FN2. The van der Waals surface area contributed by atoms with E-state index in [0.29, 0.717) is 5.69 Å². The smallest absolute Gasteiger partial charge is 0.164 e. The minimum absolute atomic E-state index is 0.303. The van der Waals surface area contributed by atoms with E-state index in [9.17, 15) is 4.39 Å². The van der Waals surface area contributed by atoms with Crippen molar-refractivity contribution < 1.29 is 4.39 Å². The molecule has 0 amide bonds. The number of nitrogens with one attached hydrogen (secondary N) is 1. The Kier molecular flexibility index (Phi) is 1.85. The number of hydrogen-bond acceptors (Lipinski definition) is 2. The van der Waals surface area contributed by atoms with Crippen LogP contribution in [0, 0.1) is 12.7 Å². The molecule has 0 aliphatic carbocycles. The molecule has 0 atom stereocenters. The average molecular weight is 140 g/mol. The van der Waals surface area contributed by atoms with Crippen molar-refractivity contribution in [1.82, 2.24) is 4.98 Å². The molecule has 0 fully saturated rings. The monoisotopic (exact) mass is 140 g/mol. The highest BCUT2D eigenvalue weighted by Gasteiger charge is 2.01. The first-order valence-electron chi connectivity index (χ1n) is 3.03. The number of aromatic nitrogens is 1. The van der Waals surface area contributed by atoms with Gasteiger partial charge in [0.25, 0.3) is 0 Å². The van der Waals surface area contributed by atoms with Crippen molar-refractivity contribution in [3.63, 3.8) is 0 Å². The van der Waals surface area contributed by atoms with Gasteiger partial charge in [-0.2, -0.15) is 0 Å². The molecule has 10 heavy (non-hydrogen) atoms. The Balaban J connectivity index is 3.17. The quantitative estimate of drug-likeness (QED) is 0.640. The fourth-order valence-electron chi connectivity index (χ4n) is 0.849. The second-order valence-electron chi connectivity index (χ2n) is 2.06. The summed E-state index contributed by atoms with van der Waals surface area (Å²) in [6.07, 6.45) is 2.81. The Morgan fingerprint density at radius 3 is 2.60 bits per heavy atom. The summed E-state index contributed by atoms with van der Waals surface area (Å²) in [7, 11) is 1.69. The Labute approximate surface area is 59.1 Å². The Bertz CT molecular complexity index is 215. The highest BCUT2D eigenvalue weighted by atomic mass is 19.1. The summed E-state index contributed by atoms with van der Waals surface area (Å²) in [6, 6.07) is 0. The second kappa shape index (κ2) is 2.64. The van der Waals surface area contributed by atoms with Gasteiger partial charge in [-0.1, -0.05) is 0 Å². The van der Waals surface area contributed by atoms with Crippen molar-refractivity contribution in [1.29, 1.82) is 0 Å². The van der Waals surface area contributed by atoms with Crippen molar-refractivity contribution in [3.8, 4) is 0 Å². The van der Waals surface area contributed by atoms with Crippen LogP contribution < -0.4 is 5.32 Å². The van der Waals surface area contributed by atoms with Gasteiger partial charge < -0.3 is 5.32 Å². The Morgan fingerprint density at radius 1 is 1.50 bits per heavy atom. The third-order valence-electron chi connectivity index (χ3n) is 1.34. The normalized spacial score (nSPS) is 9.50. The molecule has 1 aromatic rings. The largest absolute Gasteiger partial charge is 0.385 e. The summed E-state index contributed by atoms with van der Waals surface area (Å²) in [5.74, 6) is -0.303. The molecule has 0 radical (unpaired) electrons. The molecular weight excluding hydrogens is 131 g/mol. The molecule has 0 bridgehead atoms. The van der Waals surface area contributed by atoms with E-state index in [1.54, 1.807) is 13.2 Å². The van der Waals surface area contributed by atoms with Crippen LogP contribution in [0.4, 0.5) is 10.1 Å². The fourth-order valence-corrected chi connectivity index (χ4v) is 0.849. The number of pyridine rings is 1. The van der Waals surface area contributed by atoms with Crippen molar-refractivity contribution in [2.24, 2.45) is 0 Å². The van der Waals surface area contributed by atoms with Crippen LogP contribution in [-0.2, 0) is 0 Å². The SMILES string of the molecule is CNc1c(C)cncc1F. The topological polar surface area (TPSA) is 24.9 Å². The third-order valence-corrected chi connectivity index (χ3v) is 1.34. The number of anilines is 1. The molecule has 3 heteroatoms. The Morgan fingerprint density at radius 2 is 2.20 bits per heavy atom. The van der Waals surface area contributed by atoms with E-state index in [0.717, 1.165) is 5.56 Å². The van der Waals surface area contributed by atoms with Gasteiger partial charge in [0, 0.05) is 13.2 Å². The van der Waals surface area contributed by atoms with E-state index in [1.165, 1.54) is 6.20 Å². The first-order valence-corrected chi connectivity index (χ1v) is 3.03. The van der Waals surface area contributed by atoms with Crippen LogP contribution >= 0.6 is 0 Å². The number of nitrogens with zero attached hydrogens (tertiary/aromatic N) is 1. The minimum Gasteiger partial charge on any atom is -0.385 e. The van der Waals surface area contributed by atoms with Crippen molar-refractivity contribution in [3.05, 3.63) is 23.8 Å². The molecule has 0 aliphatic heterocycles. The summed E-state index contributed by atoms with van der Waals surface area (Å²) in [6.45, 7) is 1.81. The molecule has 0 aromatic carbocycles. The van der Waals surface area contributed by atoms with E-state index in [4.69, 9.17) is 0 Å². The molecule has 0 aliphatic rings. The maximum atomic E-state index is 12.7. The average Bonchev–Trinajstić information content (AvgIpc) is 1.88. The van der Waals surface area contributed by atoms with Crippen LogP contribution in [0.25, 0.3) is 0 Å². The lowest BCUT2D eigenvalue weighted by Gasteiger charge is -2.03. The molecule has 1 rings (SSSR count). The molecule has 0 saturated carbocycles. The molecule has 1 N–H and O–H groups in total. The number of aryl methyl sites for hydroxylation is 1. The van der Waals surface area contributed by atoms with Crippen LogP contribution in [0.15, 0.2) is 12.4 Å². The van der Waals surface area contributed by atoms with Gasteiger partial charge in [0.1, 0.15) is 0 Å². The van der Waals surface area contributed by atoms with Crippen molar-refractivity contribution in [2.45, 2.75) is 6.92 Å². The van der Waals surface area contributed by atoms with Crippen LogP contribution in [0.3, 0.4) is 0 Å². The lowest BCUT2D eigenvalue weighted by atomic mass is 10.2. The molecule has 0 saturated heterocycles. The van der Waals surface area contributed by atoms with Gasteiger partial charge >= 0.3 is 0 Å².